The Bertz CT molecular complexity index is 284. The van der Waals surface area contributed by atoms with E-state index in [-0.39, 0.29) is 5.69 Å². The van der Waals surface area contributed by atoms with Gasteiger partial charge in [-0.05, 0) is 6.42 Å². The van der Waals surface area contributed by atoms with E-state index in [1.165, 1.54) is 18.3 Å². The van der Waals surface area contributed by atoms with E-state index in [9.17, 15) is 10.1 Å². The number of hydrogen-bond donors (Lipinski definition) is 0. The lowest BCUT2D eigenvalue weighted by Crippen LogP contribution is -1.97. The lowest BCUT2D eigenvalue weighted by molar-refractivity contribution is -0.385. The second-order valence-corrected chi connectivity index (χ2v) is 2.46. The topological polar surface area (TPSA) is 65.3 Å². The number of hydrogen-bond acceptors (Lipinski definition) is 4. The summed E-state index contributed by atoms with van der Waals surface area (Å²) >= 11 is 0. The summed E-state index contributed by atoms with van der Waals surface area (Å²) < 4.78 is 5.16. The molecule has 0 aromatic carbocycles. The van der Waals surface area contributed by atoms with Crippen LogP contribution < -0.4 is 4.74 Å². The van der Waals surface area contributed by atoms with Crippen molar-refractivity contribution in [1.82, 2.24) is 4.98 Å². The van der Waals surface area contributed by atoms with Gasteiger partial charge >= 0.3 is 0 Å². The van der Waals surface area contributed by atoms with E-state index in [1.54, 1.807) is 0 Å². The van der Waals surface area contributed by atoms with Crippen LogP contribution in [-0.4, -0.2) is 16.5 Å². The Morgan fingerprint density at radius 3 is 2.85 bits per heavy atom. The van der Waals surface area contributed by atoms with E-state index < -0.39 is 4.92 Å². The van der Waals surface area contributed by atoms with Gasteiger partial charge in [-0.2, -0.15) is 0 Å². The van der Waals surface area contributed by atoms with Crippen molar-refractivity contribution >= 4 is 5.69 Å². The van der Waals surface area contributed by atoms with Crippen molar-refractivity contribution < 1.29 is 9.66 Å². The van der Waals surface area contributed by atoms with Crippen LogP contribution in [0.3, 0.4) is 0 Å². The summed E-state index contributed by atoms with van der Waals surface area (Å²) in [6, 6.07) is 2.87. The molecule has 0 N–H and O–H groups in total. The fourth-order valence-electron chi connectivity index (χ4n) is 0.773. The minimum atomic E-state index is -0.489. The van der Waals surface area contributed by atoms with Crippen LogP contribution in [-0.2, 0) is 0 Å². The summed E-state index contributed by atoms with van der Waals surface area (Å²) in [6.45, 7) is 2.55. The molecule has 1 aromatic rings. The minimum absolute atomic E-state index is 0.0242. The maximum absolute atomic E-state index is 10.3. The molecule has 0 amide bonds. The summed E-state index contributed by atoms with van der Waals surface area (Å²) in [5, 5.41) is 10.3. The van der Waals surface area contributed by atoms with Gasteiger partial charge < -0.3 is 4.74 Å². The number of nitrogens with zero attached hydrogens (tertiary/aromatic N) is 2. The van der Waals surface area contributed by atoms with Gasteiger partial charge in [0, 0.05) is 12.1 Å². The quantitative estimate of drug-likeness (QED) is 0.525. The van der Waals surface area contributed by atoms with Crippen LogP contribution in [0, 0.1) is 10.1 Å². The zero-order chi connectivity index (χ0) is 9.68. The molecule has 1 aromatic heterocycles. The van der Waals surface area contributed by atoms with Crippen LogP contribution in [0.1, 0.15) is 13.3 Å². The van der Waals surface area contributed by atoms with Crippen molar-refractivity contribution in [2.24, 2.45) is 0 Å². The normalized spacial score (nSPS) is 9.62. The summed E-state index contributed by atoms with van der Waals surface area (Å²) in [4.78, 5) is 13.5. The van der Waals surface area contributed by atoms with Crippen LogP contribution in [0.4, 0.5) is 5.69 Å². The first-order valence-corrected chi connectivity index (χ1v) is 3.97. The molecule has 0 aliphatic heterocycles. The van der Waals surface area contributed by atoms with E-state index in [1.807, 2.05) is 6.92 Å². The van der Waals surface area contributed by atoms with E-state index in [0.717, 1.165) is 6.42 Å². The van der Waals surface area contributed by atoms with Gasteiger partial charge in [0.15, 0.2) is 0 Å². The first kappa shape index (κ1) is 9.44. The predicted octanol–water partition coefficient (Wildman–Crippen LogP) is 1.78. The summed E-state index contributed by atoms with van der Waals surface area (Å²) in [6.07, 6.45) is 2.07. The van der Waals surface area contributed by atoms with Crippen molar-refractivity contribution in [3.8, 4) is 5.88 Å². The molecule has 70 valence electrons. The average molecular weight is 182 g/mol. The molecule has 1 heterocycles. The van der Waals surface area contributed by atoms with Crippen LogP contribution in [0.15, 0.2) is 18.3 Å². The van der Waals surface area contributed by atoms with Crippen molar-refractivity contribution in [2.45, 2.75) is 13.3 Å². The fraction of sp³-hybridized carbons (Fsp3) is 0.375. The molecule has 13 heavy (non-hydrogen) atoms. The molecule has 0 spiro atoms. The Morgan fingerprint density at radius 2 is 2.38 bits per heavy atom. The van der Waals surface area contributed by atoms with Crippen LogP contribution in [0.2, 0.25) is 0 Å². The zero-order valence-corrected chi connectivity index (χ0v) is 7.27. The number of rotatable bonds is 4. The van der Waals surface area contributed by atoms with Crippen LogP contribution in [0.25, 0.3) is 0 Å². The first-order valence-electron chi connectivity index (χ1n) is 3.97. The Morgan fingerprint density at radius 1 is 1.62 bits per heavy atom. The van der Waals surface area contributed by atoms with Gasteiger partial charge in [0.2, 0.25) is 5.88 Å². The molecule has 5 heteroatoms. The Balaban J connectivity index is 2.64. The largest absolute Gasteiger partial charge is 0.478 e. The lowest BCUT2D eigenvalue weighted by Gasteiger charge is -2.01. The fourth-order valence-corrected chi connectivity index (χ4v) is 0.773. The van der Waals surface area contributed by atoms with Gasteiger partial charge in [0.25, 0.3) is 5.69 Å². The molecular weight excluding hydrogens is 172 g/mol. The minimum Gasteiger partial charge on any atom is -0.478 e. The van der Waals surface area contributed by atoms with Crippen molar-refractivity contribution in [1.29, 1.82) is 0 Å². The molecule has 0 atom stereocenters. The molecule has 0 bridgehead atoms. The Labute approximate surface area is 75.5 Å². The Hall–Kier alpha value is -1.65. The second-order valence-electron chi connectivity index (χ2n) is 2.46. The molecule has 1 rings (SSSR count). The second kappa shape index (κ2) is 4.39. The monoisotopic (exact) mass is 182 g/mol. The highest BCUT2D eigenvalue weighted by Gasteiger charge is 2.04. The summed E-state index contributed by atoms with van der Waals surface area (Å²) in [7, 11) is 0. The van der Waals surface area contributed by atoms with E-state index in [0.29, 0.717) is 12.5 Å². The first-order chi connectivity index (χ1) is 6.24. The van der Waals surface area contributed by atoms with Gasteiger partial charge in [-0.25, -0.2) is 4.98 Å². The van der Waals surface area contributed by atoms with Gasteiger partial charge in [-0.3, -0.25) is 10.1 Å². The molecule has 0 aliphatic carbocycles. The highest BCUT2D eigenvalue weighted by atomic mass is 16.6. The van der Waals surface area contributed by atoms with Gasteiger partial charge in [-0.15, -0.1) is 0 Å². The molecule has 0 aliphatic rings. The van der Waals surface area contributed by atoms with Crippen LogP contribution in [0.5, 0.6) is 5.88 Å². The Kier molecular flexibility index (Phi) is 3.19. The number of pyridine rings is 1. The average Bonchev–Trinajstić information content (AvgIpc) is 2.15. The van der Waals surface area contributed by atoms with Gasteiger partial charge in [0.05, 0.1) is 11.5 Å². The molecule has 0 saturated carbocycles. The number of aromatic nitrogens is 1. The summed E-state index contributed by atoms with van der Waals surface area (Å²) in [5.74, 6) is 0.424. The van der Waals surface area contributed by atoms with E-state index in [2.05, 4.69) is 4.98 Å². The molecule has 0 fully saturated rings. The highest BCUT2D eigenvalue weighted by Crippen LogP contribution is 2.13. The molecule has 0 saturated heterocycles. The van der Waals surface area contributed by atoms with Crippen molar-refractivity contribution in [3.63, 3.8) is 0 Å². The standard InChI is InChI=1S/C8H10N2O3/c1-2-5-13-8-4-3-7(6-9-8)10(11)12/h3-4,6H,2,5H2,1H3. The number of ether oxygens (including phenoxy) is 1. The third-order valence-corrected chi connectivity index (χ3v) is 1.39. The molecular formula is C8H10N2O3. The van der Waals surface area contributed by atoms with E-state index >= 15 is 0 Å². The predicted molar refractivity (Wildman–Crippen MR) is 46.7 cm³/mol. The summed E-state index contributed by atoms with van der Waals surface area (Å²) in [5.41, 5.74) is -0.0242. The van der Waals surface area contributed by atoms with Gasteiger partial charge in [0.1, 0.15) is 6.20 Å². The molecule has 0 unspecified atom stereocenters. The third kappa shape index (κ3) is 2.70. The molecule has 0 radical (unpaired) electrons. The third-order valence-electron chi connectivity index (χ3n) is 1.39. The van der Waals surface area contributed by atoms with E-state index in [4.69, 9.17) is 4.74 Å². The van der Waals surface area contributed by atoms with Gasteiger partial charge in [-0.1, -0.05) is 6.92 Å². The lowest BCUT2D eigenvalue weighted by atomic mass is 10.4. The smallest absolute Gasteiger partial charge is 0.287 e. The molecule has 5 nitrogen and oxygen atoms in total. The zero-order valence-electron chi connectivity index (χ0n) is 7.27. The maximum Gasteiger partial charge on any atom is 0.287 e. The van der Waals surface area contributed by atoms with Crippen molar-refractivity contribution in [3.05, 3.63) is 28.4 Å². The van der Waals surface area contributed by atoms with Crippen LogP contribution >= 0.6 is 0 Å². The SMILES string of the molecule is CCCOc1ccc([N+](=O)[O-])cn1. The number of nitro groups is 1. The maximum atomic E-state index is 10.3. The highest BCUT2D eigenvalue weighted by molar-refractivity contribution is 5.28. The van der Waals surface area contributed by atoms with Crippen molar-refractivity contribution in [2.75, 3.05) is 6.61 Å².